The molecule has 0 fully saturated rings. The zero-order valence-electron chi connectivity index (χ0n) is 7.64. The molecule has 0 aromatic carbocycles. The highest BCUT2D eigenvalue weighted by atomic mass is 16.1. The second-order valence-corrected chi connectivity index (χ2v) is 2.76. The third-order valence-corrected chi connectivity index (χ3v) is 1.31. The average molecular weight is 177 g/mol. The Morgan fingerprint density at radius 3 is 2.92 bits per heavy atom. The van der Waals surface area contributed by atoms with E-state index in [4.69, 9.17) is 0 Å². The van der Waals surface area contributed by atoms with Crippen molar-refractivity contribution in [2.45, 2.75) is 0 Å². The van der Waals surface area contributed by atoms with E-state index in [0.29, 0.717) is 5.56 Å². The molecule has 13 heavy (non-hydrogen) atoms. The van der Waals surface area contributed by atoms with Crippen molar-refractivity contribution in [2.75, 3.05) is 14.1 Å². The van der Waals surface area contributed by atoms with E-state index in [-0.39, 0.29) is 5.91 Å². The predicted molar refractivity (Wildman–Crippen MR) is 50.7 cm³/mol. The van der Waals surface area contributed by atoms with Crippen LogP contribution in [0.3, 0.4) is 0 Å². The van der Waals surface area contributed by atoms with Crippen molar-refractivity contribution in [3.05, 3.63) is 30.1 Å². The Labute approximate surface area is 76.9 Å². The highest BCUT2D eigenvalue weighted by Gasteiger charge is 2.00. The van der Waals surface area contributed by atoms with Crippen molar-refractivity contribution in [1.82, 2.24) is 9.88 Å². The zero-order valence-corrected chi connectivity index (χ0v) is 7.64. The van der Waals surface area contributed by atoms with Gasteiger partial charge in [-0.1, -0.05) is 0 Å². The van der Waals surface area contributed by atoms with E-state index in [2.05, 4.69) is 9.98 Å². The number of hydrogen-bond donors (Lipinski definition) is 0. The van der Waals surface area contributed by atoms with Gasteiger partial charge in [-0.2, -0.15) is 4.99 Å². The minimum absolute atomic E-state index is 0.276. The number of carbonyl (C=O) groups is 1. The second-order valence-electron chi connectivity index (χ2n) is 2.76. The largest absolute Gasteiger partial charge is 0.369 e. The molecule has 0 bridgehead atoms. The molecule has 0 aliphatic carbocycles. The smallest absolute Gasteiger partial charge is 0.279 e. The lowest BCUT2D eigenvalue weighted by molar-refractivity contribution is 0.100. The summed E-state index contributed by atoms with van der Waals surface area (Å²) in [6.45, 7) is 0. The summed E-state index contributed by atoms with van der Waals surface area (Å²) in [4.78, 5) is 20.5. The summed E-state index contributed by atoms with van der Waals surface area (Å²) in [5, 5.41) is 0. The number of rotatable bonds is 2. The number of aliphatic imine (C=N–C) groups is 1. The molecule has 0 radical (unpaired) electrons. The predicted octanol–water partition coefficient (Wildman–Crippen LogP) is 0.812. The first-order chi connectivity index (χ1) is 6.20. The summed E-state index contributed by atoms with van der Waals surface area (Å²) in [5.74, 6) is -0.276. The highest BCUT2D eigenvalue weighted by Crippen LogP contribution is 1.97. The summed E-state index contributed by atoms with van der Waals surface area (Å²) >= 11 is 0. The maximum Gasteiger partial charge on any atom is 0.279 e. The van der Waals surface area contributed by atoms with E-state index in [9.17, 15) is 4.79 Å². The van der Waals surface area contributed by atoms with Crippen LogP contribution in [-0.2, 0) is 0 Å². The van der Waals surface area contributed by atoms with Crippen LogP contribution in [0.25, 0.3) is 0 Å². The number of hydrogen-bond acceptors (Lipinski definition) is 2. The van der Waals surface area contributed by atoms with Gasteiger partial charge in [0, 0.05) is 26.5 Å². The number of pyridine rings is 1. The molecule has 1 amide bonds. The summed E-state index contributed by atoms with van der Waals surface area (Å²) in [6, 6.07) is 3.39. The van der Waals surface area contributed by atoms with Crippen LogP contribution < -0.4 is 0 Å². The molecule has 0 aliphatic heterocycles. The molecule has 0 saturated heterocycles. The molecule has 4 nitrogen and oxygen atoms in total. The fraction of sp³-hybridized carbons (Fsp3) is 0.222. The molecule has 0 aliphatic rings. The van der Waals surface area contributed by atoms with Crippen LogP contribution in [0.4, 0.5) is 0 Å². The molecule has 0 spiro atoms. The lowest BCUT2D eigenvalue weighted by Gasteiger charge is -2.00. The van der Waals surface area contributed by atoms with Crippen molar-refractivity contribution in [3.8, 4) is 0 Å². The van der Waals surface area contributed by atoms with Crippen LogP contribution >= 0.6 is 0 Å². The van der Waals surface area contributed by atoms with Crippen LogP contribution in [0.5, 0.6) is 0 Å². The van der Waals surface area contributed by atoms with Gasteiger partial charge in [-0.3, -0.25) is 9.78 Å². The third-order valence-electron chi connectivity index (χ3n) is 1.31. The SMILES string of the molecule is CN(C)C=NC(=O)c1cccnc1. The minimum atomic E-state index is -0.276. The zero-order chi connectivity index (χ0) is 9.68. The number of nitrogens with zero attached hydrogens (tertiary/aromatic N) is 3. The second kappa shape index (κ2) is 4.35. The van der Waals surface area contributed by atoms with Gasteiger partial charge >= 0.3 is 0 Å². The van der Waals surface area contributed by atoms with Gasteiger partial charge in [-0.15, -0.1) is 0 Å². The topological polar surface area (TPSA) is 45.6 Å². The van der Waals surface area contributed by atoms with Crippen LogP contribution in [0.2, 0.25) is 0 Å². The maximum atomic E-state index is 11.3. The molecule has 68 valence electrons. The first-order valence-electron chi connectivity index (χ1n) is 3.85. The molecule has 0 unspecified atom stereocenters. The molecule has 0 N–H and O–H groups in total. The number of aromatic nitrogens is 1. The van der Waals surface area contributed by atoms with Gasteiger partial charge < -0.3 is 4.90 Å². The van der Waals surface area contributed by atoms with E-state index < -0.39 is 0 Å². The Morgan fingerprint density at radius 2 is 2.38 bits per heavy atom. The Morgan fingerprint density at radius 1 is 1.62 bits per heavy atom. The lowest BCUT2D eigenvalue weighted by Crippen LogP contribution is -2.09. The van der Waals surface area contributed by atoms with E-state index in [1.807, 2.05) is 0 Å². The van der Waals surface area contributed by atoms with Gasteiger partial charge in [0.2, 0.25) is 0 Å². The van der Waals surface area contributed by atoms with Crippen molar-refractivity contribution in [3.63, 3.8) is 0 Å². The molecule has 0 saturated carbocycles. The van der Waals surface area contributed by atoms with Crippen LogP contribution in [0.1, 0.15) is 10.4 Å². The van der Waals surface area contributed by atoms with Gasteiger partial charge in [0.15, 0.2) is 0 Å². The van der Waals surface area contributed by atoms with Crippen molar-refractivity contribution in [1.29, 1.82) is 0 Å². The normalized spacial score (nSPS) is 10.3. The van der Waals surface area contributed by atoms with Crippen molar-refractivity contribution >= 4 is 12.2 Å². The molecule has 1 heterocycles. The van der Waals surface area contributed by atoms with Crippen LogP contribution in [0, 0.1) is 0 Å². The molecule has 4 heteroatoms. The molecule has 1 aromatic rings. The molecule has 1 aromatic heterocycles. The minimum Gasteiger partial charge on any atom is -0.369 e. The Balaban J connectivity index is 2.70. The van der Waals surface area contributed by atoms with E-state index in [1.54, 1.807) is 37.3 Å². The number of carbonyl (C=O) groups excluding carboxylic acids is 1. The molecule has 1 rings (SSSR count). The lowest BCUT2D eigenvalue weighted by atomic mass is 10.3. The Bertz CT molecular complexity index is 306. The standard InChI is InChI=1S/C9H11N3O/c1-12(2)7-11-9(13)8-4-3-5-10-6-8/h3-7H,1-2H3. The van der Waals surface area contributed by atoms with E-state index in [0.717, 1.165) is 0 Å². The molecular weight excluding hydrogens is 166 g/mol. The Kier molecular flexibility index (Phi) is 3.14. The monoisotopic (exact) mass is 177 g/mol. The van der Waals surface area contributed by atoms with Crippen LogP contribution in [0.15, 0.2) is 29.5 Å². The molecular formula is C9H11N3O. The van der Waals surface area contributed by atoms with E-state index >= 15 is 0 Å². The third kappa shape index (κ3) is 3.02. The fourth-order valence-electron chi connectivity index (χ4n) is 0.732. The average Bonchev–Trinajstić information content (AvgIpc) is 2.15. The molecule has 0 atom stereocenters. The number of amides is 1. The van der Waals surface area contributed by atoms with Crippen molar-refractivity contribution < 1.29 is 4.79 Å². The summed E-state index contributed by atoms with van der Waals surface area (Å²) in [6.07, 6.45) is 4.58. The first kappa shape index (κ1) is 9.38. The highest BCUT2D eigenvalue weighted by molar-refractivity contribution is 5.98. The van der Waals surface area contributed by atoms with Gasteiger partial charge in [0.25, 0.3) is 5.91 Å². The quantitative estimate of drug-likeness (QED) is 0.496. The van der Waals surface area contributed by atoms with Crippen LogP contribution in [-0.4, -0.2) is 36.2 Å². The fourth-order valence-corrected chi connectivity index (χ4v) is 0.732. The van der Waals surface area contributed by atoms with Crippen molar-refractivity contribution in [2.24, 2.45) is 4.99 Å². The Hall–Kier alpha value is -1.71. The van der Waals surface area contributed by atoms with Gasteiger partial charge in [0.1, 0.15) is 0 Å². The van der Waals surface area contributed by atoms with Gasteiger partial charge in [-0.05, 0) is 12.1 Å². The van der Waals surface area contributed by atoms with Gasteiger partial charge in [0.05, 0.1) is 11.9 Å². The van der Waals surface area contributed by atoms with E-state index in [1.165, 1.54) is 12.5 Å². The maximum absolute atomic E-state index is 11.3. The summed E-state index contributed by atoms with van der Waals surface area (Å²) in [5.41, 5.74) is 0.501. The first-order valence-corrected chi connectivity index (χ1v) is 3.85. The van der Waals surface area contributed by atoms with Gasteiger partial charge in [-0.25, -0.2) is 0 Å². The summed E-state index contributed by atoms with van der Waals surface area (Å²) in [7, 11) is 3.61. The summed E-state index contributed by atoms with van der Waals surface area (Å²) < 4.78 is 0.